The second-order valence-corrected chi connectivity index (χ2v) is 19.3. The smallest absolute Gasteiger partial charge is 0.306 e. The second kappa shape index (κ2) is 19.5. The number of aliphatic hydroxyl groups is 1. The number of fused-ring (bicyclic) bond motifs is 3. The summed E-state index contributed by atoms with van der Waals surface area (Å²) < 4.78 is 13.6. The van der Waals surface area contributed by atoms with E-state index in [1.54, 1.807) is 22.7 Å². The van der Waals surface area contributed by atoms with Crippen LogP contribution in [0.5, 0.6) is 5.75 Å². The maximum atomic E-state index is 14.0. The summed E-state index contributed by atoms with van der Waals surface area (Å²) in [5.74, 6) is -0.521. The highest BCUT2D eigenvalue weighted by Gasteiger charge is 2.44. The lowest BCUT2D eigenvalue weighted by molar-refractivity contribution is -0.144. The molecule has 0 unspecified atom stereocenters. The Balaban J connectivity index is 0.892. The number of carbonyl (C=O) groups excluding carboxylic acids is 3. The minimum atomic E-state index is -0.983. The van der Waals surface area contributed by atoms with Crippen molar-refractivity contribution in [2.75, 3.05) is 26.4 Å². The first-order valence-electron chi connectivity index (χ1n) is 21.2. The van der Waals surface area contributed by atoms with Gasteiger partial charge in [-0.05, 0) is 74.1 Å². The maximum absolute atomic E-state index is 14.0. The van der Waals surface area contributed by atoms with Crippen molar-refractivity contribution in [3.8, 4) is 21.2 Å². The fraction of sp³-hybridized carbons (Fsp3) is 0.435. The molecule has 4 atom stereocenters. The summed E-state index contributed by atoms with van der Waals surface area (Å²) in [7, 11) is 0. The van der Waals surface area contributed by atoms with Crippen LogP contribution < -0.4 is 15.4 Å². The molecule has 4 N–H and O–H groups in total. The van der Waals surface area contributed by atoms with Gasteiger partial charge in [-0.1, -0.05) is 45.0 Å². The van der Waals surface area contributed by atoms with Crippen molar-refractivity contribution in [3.63, 3.8) is 0 Å². The number of aliphatic hydroxyl groups excluding tert-OH is 1. The summed E-state index contributed by atoms with van der Waals surface area (Å²) in [4.78, 5) is 65.3. The van der Waals surface area contributed by atoms with E-state index in [1.165, 1.54) is 4.90 Å². The Labute approximate surface area is 379 Å². The molecule has 7 rings (SSSR count). The quantitative estimate of drug-likeness (QED) is 0.0890. The molecule has 2 aliphatic rings. The molecule has 2 aromatic carbocycles. The third-order valence-electron chi connectivity index (χ3n) is 11.4. The van der Waals surface area contributed by atoms with Crippen LogP contribution in [0.1, 0.15) is 90.5 Å². The molecule has 2 aliphatic heterocycles. The Morgan fingerprint density at radius 3 is 2.36 bits per heavy atom. The molecule has 3 amide bonds. The van der Waals surface area contributed by atoms with E-state index in [9.17, 15) is 29.4 Å². The fourth-order valence-corrected chi connectivity index (χ4v) is 9.92. The van der Waals surface area contributed by atoms with E-state index in [0.29, 0.717) is 36.1 Å². The van der Waals surface area contributed by atoms with E-state index in [0.717, 1.165) is 48.3 Å². The van der Waals surface area contributed by atoms with E-state index in [-0.39, 0.29) is 45.1 Å². The number of benzene rings is 2. The molecule has 1 saturated heterocycles. The molecule has 0 saturated carbocycles. The zero-order valence-corrected chi connectivity index (χ0v) is 38.6. The lowest BCUT2D eigenvalue weighted by atomic mass is 9.85. The van der Waals surface area contributed by atoms with Gasteiger partial charge in [0.15, 0.2) is 5.82 Å². The predicted octanol–water partition coefficient (Wildman–Crippen LogP) is 5.65. The van der Waals surface area contributed by atoms with Gasteiger partial charge >= 0.3 is 5.97 Å². The topological polar surface area (TPSA) is 210 Å². The number of aryl methyl sites for hydroxylation is 3. The van der Waals surface area contributed by atoms with Gasteiger partial charge in [-0.2, -0.15) is 0 Å². The number of β-amino-alcohol motifs (C(OH)–C–C–N with tert-alkyl or cyclic N) is 1. The zero-order valence-electron chi connectivity index (χ0n) is 37.0. The highest BCUT2D eigenvalue weighted by Crippen LogP contribution is 2.40. The van der Waals surface area contributed by atoms with Crippen LogP contribution >= 0.6 is 22.7 Å². The Bertz CT molecular complexity index is 2540. The van der Waals surface area contributed by atoms with Crippen LogP contribution in [0.25, 0.3) is 15.4 Å². The monoisotopic (exact) mass is 910 g/mol. The Hall–Kier alpha value is -5.82. The number of carbonyl (C=O) groups is 4. The maximum Gasteiger partial charge on any atom is 0.306 e. The third-order valence-corrected chi connectivity index (χ3v) is 13.6. The number of rotatable bonds is 16. The van der Waals surface area contributed by atoms with Gasteiger partial charge in [0.2, 0.25) is 17.7 Å². The highest BCUT2D eigenvalue weighted by molar-refractivity contribution is 7.15. The van der Waals surface area contributed by atoms with Crippen molar-refractivity contribution in [3.05, 3.63) is 98.5 Å². The summed E-state index contributed by atoms with van der Waals surface area (Å²) in [5.41, 5.74) is 7.46. The average molecular weight is 911 g/mol. The number of aliphatic carboxylic acids is 1. The number of aromatic nitrogens is 4. The number of amides is 3. The van der Waals surface area contributed by atoms with Crippen LogP contribution in [-0.4, -0.2) is 109 Å². The Kier molecular flexibility index (Phi) is 14.1. The first-order valence-corrected chi connectivity index (χ1v) is 22.9. The fourth-order valence-electron chi connectivity index (χ4n) is 7.90. The van der Waals surface area contributed by atoms with Crippen molar-refractivity contribution >= 4 is 52.1 Å². The number of ether oxygens (including phenoxy) is 2. The molecule has 0 spiro atoms. The van der Waals surface area contributed by atoms with E-state index in [4.69, 9.17) is 14.5 Å². The number of nitrogens with one attached hydrogen (secondary N) is 2. The number of carboxylic acids is 1. The first kappa shape index (κ1) is 46.2. The van der Waals surface area contributed by atoms with E-state index < -0.39 is 47.4 Å². The van der Waals surface area contributed by atoms with Gasteiger partial charge < -0.3 is 35.2 Å². The van der Waals surface area contributed by atoms with Gasteiger partial charge in [-0.25, -0.2) is 4.98 Å². The summed E-state index contributed by atoms with van der Waals surface area (Å²) in [6, 6.07) is 12.7. The molecule has 18 heteroatoms. The summed E-state index contributed by atoms with van der Waals surface area (Å²) >= 11 is 3.17. The summed E-state index contributed by atoms with van der Waals surface area (Å²) in [6.07, 6.45) is -0.542. The van der Waals surface area contributed by atoms with E-state index >= 15 is 0 Å². The third kappa shape index (κ3) is 10.3. The van der Waals surface area contributed by atoms with Crippen molar-refractivity contribution in [2.45, 2.75) is 98.5 Å². The molecule has 338 valence electrons. The standard InChI is InChI=1S/C46H54N8O8S2/c1-25-27(3)64-45-38(25)39(49-34(20-37(57)58)42-52-51-28(4)54(42)45)30-13-15-33(16-14-30)62-18-8-17-61-23-36(56)50-41(46(5,6)7)44(60)53-22-32(55)19-35(53)43(59)47-21-29-9-11-31(12-10-29)40-26(2)48-24-63-40/h9-16,24,32,34-35,41,55H,8,17-23H2,1-7H3,(H,47,59)(H,50,56)(H,57,58)/t32-,34+,35+,41-/m1/s1. The molecule has 0 aliphatic carbocycles. The van der Waals surface area contributed by atoms with Crippen molar-refractivity contribution in [1.29, 1.82) is 0 Å². The number of carboxylic acid groups (broad SMARTS) is 1. The molecule has 5 heterocycles. The van der Waals surface area contributed by atoms with Gasteiger partial charge in [0, 0.05) is 41.9 Å². The molecule has 16 nitrogen and oxygen atoms in total. The van der Waals surface area contributed by atoms with Gasteiger partial charge in [0.1, 0.15) is 41.3 Å². The van der Waals surface area contributed by atoms with Gasteiger partial charge in [-0.3, -0.25) is 28.7 Å². The predicted molar refractivity (Wildman–Crippen MR) is 243 cm³/mol. The number of thiazole rings is 1. The SMILES string of the molecule is Cc1ncsc1-c1ccc(CNC(=O)[C@@H]2C[C@@H](O)CN2C(=O)[C@@H](NC(=O)COCCCOc2ccc(C3=N[C@@H](CC(=O)O)c4nnc(C)n4-c4sc(C)c(C)c43)cc2)C(C)(C)C)cc1. The molecular formula is C46H54N8O8S2. The number of likely N-dealkylation sites (tertiary alicyclic amines) is 1. The van der Waals surface area contributed by atoms with Crippen molar-refractivity contribution < 1.29 is 38.9 Å². The van der Waals surface area contributed by atoms with E-state index in [1.807, 2.05) is 107 Å². The number of aliphatic imine (C=N–C) groups is 1. The number of hydrogen-bond donors (Lipinski definition) is 4. The largest absolute Gasteiger partial charge is 0.494 e. The molecule has 0 bridgehead atoms. The Morgan fingerprint density at radius 1 is 0.969 bits per heavy atom. The van der Waals surface area contributed by atoms with Crippen LogP contribution in [0.4, 0.5) is 0 Å². The zero-order chi connectivity index (χ0) is 45.9. The van der Waals surface area contributed by atoms with Crippen LogP contribution in [0.15, 0.2) is 59.0 Å². The van der Waals surface area contributed by atoms with E-state index in [2.05, 4.69) is 25.8 Å². The molecule has 5 aromatic rings. The average Bonchev–Trinajstić information content (AvgIpc) is 4.02. The van der Waals surface area contributed by atoms with Gasteiger partial charge in [0.05, 0.1) is 47.5 Å². The molecular weight excluding hydrogens is 857 g/mol. The molecule has 64 heavy (non-hydrogen) atoms. The summed E-state index contributed by atoms with van der Waals surface area (Å²) in [6.45, 7) is 13.9. The van der Waals surface area contributed by atoms with Crippen LogP contribution in [-0.2, 0) is 30.5 Å². The first-order chi connectivity index (χ1) is 30.5. The Morgan fingerprint density at radius 2 is 1.69 bits per heavy atom. The van der Waals surface area contributed by atoms with Gasteiger partial charge in [0.25, 0.3) is 0 Å². The lowest BCUT2D eigenvalue weighted by Crippen LogP contribution is -2.58. The molecule has 3 aromatic heterocycles. The minimum absolute atomic E-state index is 0.0251. The number of hydrogen-bond acceptors (Lipinski definition) is 13. The number of thiophene rings is 1. The van der Waals surface area contributed by atoms with Crippen LogP contribution in [0.3, 0.4) is 0 Å². The van der Waals surface area contributed by atoms with Crippen LogP contribution in [0, 0.1) is 33.1 Å². The van der Waals surface area contributed by atoms with Crippen molar-refractivity contribution in [2.24, 2.45) is 10.4 Å². The van der Waals surface area contributed by atoms with Crippen molar-refractivity contribution in [1.82, 2.24) is 35.3 Å². The summed E-state index contributed by atoms with van der Waals surface area (Å²) in [5, 5.41) is 35.5. The number of nitrogens with zero attached hydrogens (tertiary/aromatic N) is 6. The molecule has 0 radical (unpaired) electrons. The van der Waals surface area contributed by atoms with Gasteiger partial charge in [-0.15, -0.1) is 32.9 Å². The normalized spacial score (nSPS) is 17.5. The molecule has 1 fully saturated rings. The second-order valence-electron chi connectivity index (χ2n) is 17.2. The lowest BCUT2D eigenvalue weighted by Gasteiger charge is -2.35. The minimum Gasteiger partial charge on any atom is -0.494 e. The highest BCUT2D eigenvalue weighted by atomic mass is 32.1. The van der Waals surface area contributed by atoms with Crippen LogP contribution in [0.2, 0.25) is 0 Å².